The number of nitrogens with two attached hydrogens (primary N) is 1. The van der Waals surface area contributed by atoms with Gasteiger partial charge in [-0.1, -0.05) is 10.3 Å². The summed E-state index contributed by atoms with van der Waals surface area (Å²) in [6, 6.07) is -1.02. The van der Waals surface area contributed by atoms with Crippen molar-refractivity contribution in [2.45, 2.75) is 49.8 Å². The third-order valence-corrected chi connectivity index (χ3v) is 9.93. The minimum absolute atomic E-state index is 0.0220. The molecule has 3 aromatic heterocycles. The highest BCUT2D eigenvalue weighted by Gasteiger charge is 2.54. The number of nitrogens with one attached hydrogen (secondary N) is 2. The van der Waals surface area contributed by atoms with Gasteiger partial charge in [0.15, 0.2) is 16.6 Å². The summed E-state index contributed by atoms with van der Waals surface area (Å²) < 4.78 is 39.4. The summed E-state index contributed by atoms with van der Waals surface area (Å²) in [5.74, 6) is -5.63. The number of aliphatic carboxylic acids is 1. The molecule has 2 aliphatic rings. The van der Waals surface area contributed by atoms with Crippen LogP contribution in [-0.4, -0.2) is 126 Å². The fourth-order valence-corrected chi connectivity index (χ4v) is 6.50. The number of aromatic nitrogens is 3. The van der Waals surface area contributed by atoms with Gasteiger partial charge in [0, 0.05) is 61.9 Å². The van der Waals surface area contributed by atoms with Crippen LogP contribution >= 0.6 is 11.3 Å². The van der Waals surface area contributed by atoms with Gasteiger partial charge >= 0.3 is 16.3 Å². The van der Waals surface area contributed by atoms with Gasteiger partial charge in [0.05, 0.1) is 17.9 Å². The van der Waals surface area contributed by atoms with Crippen molar-refractivity contribution in [3.8, 4) is 5.75 Å². The average molecular weight is 782 g/mol. The topological polar surface area (TPSA) is 339 Å². The van der Waals surface area contributed by atoms with Crippen LogP contribution in [0.25, 0.3) is 0 Å². The molecular formula is C28H31N9O14S2. The Labute approximate surface area is 301 Å². The van der Waals surface area contributed by atoms with Crippen molar-refractivity contribution < 1.29 is 61.7 Å². The molecule has 4 amide bonds. The molecule has 0 radical (unpaired) electrons. The number of oxime groups is 1. The number of carbonyl (C=O) groups excluding carboxylic acids is 4. The molecule has 25 heteroatoms. The number of nitrogens with zero attached hydrogens (tertiary/aromatic N) is 6. The molecule has 3 aromatic rings. The molecule has 0 aromatic carbocycles. The number of amides is 4. The lowest BCUT2D eigenvalue weighted by molar-refractivity contribution is -0.153. The van der Waals surface area contributed by atoms with Gasteiger partial charge in [-0.25, -0.2) is 14.1 Å². The zero-order chi connectivity index (χ0) is 38.8. The Bertz CT molecular complexity index is 2140. The molecule has 2 unspecified atom stereocenters. The Morgan fingerprint density at radius 1 is 1.30 bits per heavy atom. The molecule has 4 heterocycles. The smallest absolute Gasteiger partial charge is 0.362 e. The lowest BCUT2D eigenvalue weighted by Gasteiger charge is -2.30. The monoisotopic (exact) mass is 781 g/mol. The van der Waals surface area contributed by atoms with Crippen LogP contribution in [0.1, 0.15) is 64.5 Å². The highest BCUT2D eigenvalue weighted by molar-refractivity contribution is 7.83. The zero-order valence-corrected chi connectivity index (χ0v) is 28.9. The molecule has 8 N–H and O–H groups in total. The SMILES string of the molecule is CC(NC(=O)/C(=N\OC1(C(=O)O)CC1)c1csc(N)n1)C(CNC(=O)c1cc([C@H]2CCN(C(=O)c3cc(=O)c(O)cn3O)C2)no1)N(C=O)S(=O)(=O)O. The Morgan fingerprint density at radius 2 is 2.02 bits per heavy atom. The second kappa shape index (κ2) is 14.9. The second-order valence-corrected chi connectivity index (χ2v) is 14.2. The fourth-order valence-electron chi connectivity index (χ4n) is 5.25. The molecule has 3 atom stereocenters. The van der Waals surface area contributed by atoms with Crippen LogP contribution in [0.15, 0.2) is 38.2 Å². The number of pyridine rings is 1. The van der Waals surface area contributed by atoms with E-state index in [0.29, 0.717) is 17.3 Å². The number of hydrogen-bond donors (Lipinski definition) is 7. The summed E-state index contributed by atoms with van der Waals surface area (Å²) >= 11 is 0.923. The van der Waals surface area contributed by atoms with Gasteiger partial charge < -0.3 is 46.0 Å². The normalized spacial score (nSPS) is 17.7. The van der Waals surface area contributed by atoms with Crippen LogP contribution in [0.4, 0.5) is 5.13 Å². The molecule has 2 fully saturated rings. The molecule has 23 nitrogen and oxygen atoms in total. The van der Waals surface area contributed by atoms with Gasteiger partial charge in [-0.3, -0.25) is 28.5 Å². The number of carboxylic acids is 1. The third kappa shape index (κ3) is 8.36. The van der Waals surface area contributed by atoms with E-state index < -0.39 is 86.7 Å². The number of thiazole rings is 1. The number of carboxylic acid groups (broad SMARTS) is 1. The van der Waals surface area contributed by atoms with Crippen LogP contribution in [0, 0.1) is 0 Å². The maximum atomic E-state index is 13.4. The summed E-state index contributed by atoms with van der Waals surface area (Å²) in [6.07, 6.45) is 1.01. The van der Waals surface area contributed by atoms with E-state index in [1.54, 1.807) is 0 Å². The van der Waals surface area contributed by atoms with Crippen molar-refractivity contribution in [2.75, 3.05) is 25.4 Å². The minimum Gasteiger partial charge on any atom is -0.503 e. The van der Waals surface area contributed by atoms with Gasteiger partial charge in [0.2, 0.25) is 23.2 Å². The molecule has 5 rings (SSSR count). The number of hydrogen-bond acceptors (Lipinski definition) is 17. The minimum atomic E-state index is -5.25. The van der Waals surface area contributed by atoms with E-state index >= 15 is 0 Å². The first-order chi connectivity index (χ1) is 24.9. The van der Waals surface area contributed by atoms with Crippen LogP contribution in [-0.2, 0) is 29.5 Å². The van der Waals surface area contributed by atoms with Gasteiger partial charge in [-0.2, -0.15) is 13.1 Å². The Balaban J connectivity index is 1.27. The average Bonchev–Trinajstić information content (AvgIpc) is 3.41. The molecule has 284 valence electrons. The first kappa shape index (κ1) is 38.2. The van der Waals surface area contributed by atoms with Crippen molar-refractivity contribution in [3.05, 3.63) is 56.8 Å². The number of aromatic hydroxyl groups is 1. The highest BCUT2D eigenvalue weighted by Crippen LogP contribution is 2.40. The van der Waals surface area contributed by atoms with E-state index in [-0.39, 0.29) is 58.9 Å². The Morgan fingerprint density at radius 3 is 2.62 bits per heavy atom. The maximum Gasteiger partial charge on any atom is 0.362 e. The fraction of sp³-hybridized carbons (Fsp3) is 0.393. The van der Waals surface area contributed by atoms with E-state index in [2.05, 4.69) is 25.9 Å². The van der Waals surface area contributed by atoms with E-state index in [1.807, 2.05) is 0 Å². The molecular weight excluding hydrogens is 750 g/mol. The van der Waals surface area contributed by atoms with Crippen molar-refractivity contribution in [2.24, 2.45) is 5.16 Å². The van der Waals surface area contributed by atoms with Gasteiger partial charge in [-0.05, 0) is 13.3 Å². The number of likely N-dealkylation sites (tertiary alicyclic amines) is 1. The largest absolute Gasteiger partial charge is 0.503 e. The van der Waals surface area contributed by atoms with Gasteiger partial charge in [-0.15, -0.1) is 11.3 Å². The van der Waals surface area contributed by atoms with E-state index in [1.165, 1.54) is 23.3 Å². The van der Waals surface area contributed by atoms with E-state index in [9.17, 15) is 57.2 Å². The molecule has 1 aliphatic carbocycles. The van der Waals surface area contributed by atoms with E-state index in [4.69, 9.17) is 15.1 Å². The van der Waals surface area contributed by atoms with Crippen molar-refractivity contribution in [1.82, 2.24) is 34.7 Å². The molecule has 1 saturated heterocycles. The van der Waals surface area contributed by atoms with Crippen molar-refractivity contribution in [1.29, 1.82) is 0 Å². The van der Waals surface area contributed by atoms with Crippen molar-refractivity contribution in [3.63, 3.8) is 0 Å². The molecule has 1 aliphatic heterocycles. The molecule has 0 spiro atoms. The second-order valence-electron chi connectivity index (χ2n) is 12.0. The number of nitrogen functional groups attached to an aromatic ring is 1. The Kier molecular flexibility index (Phi) is 10.7. The lowest BCUT2D eigenvalue weighted by atomic mass is 10.0. The maximum absolute atomic E-state index is 13.4. The predicted octanol–water partition coefficient (Wildman–Crippen LogP) is -1.65. The quantitative estimate of drug-likeness (QED) is 0.0298. The van der Waals surface area contributed by atoms with Crippen molar-refractivity contribution >= 4 is 62.6 Å². The molecule has 0 bridgehead atoms. The molecule has 53 heavy (non-hydrogen) atoms. The Hall–Kier alpha value is -6.08. The number of rotatable bonds is 15. The molecule has 1 saturated carbocycles. The predicted molar refractivity (Wildman–Crippen MR) is 176 cm³/mol. The van der Waals surface area contributed by atoms with Gasteiger partial charge in [0.1, 0.15) is 11.4 Å². The number of carbonyl (C=O) groups is 5. The summed E-state index contributed by atoms with van der Waals surface area (Å²) in [5, 5.41) is 42.5. The summed E-state index contributed by atoms with van der Waals surface area (Å²) in [5.41, 5.74) is 2.34. The van der Waals surface area contributed by atoms with E-state index in [0.717, 1.165) is 17.4 Å². The standard InChI is InChI=1S/C28H31N9O14S2/c1-13(31-24(42)22(16-11-52-27(29)32-16)34-51-28(3-4-28)26(44)45)18(37(12-38)53(47,48)49)8-30-23(41)21-6-15(33-50-21)14-2-5-35(9-14)25(43)17-7-19(39)20(40)10-36(17)46/h6-7,10-14,18,40,46H,2-5,8-9H2,1H3,(H2,29,32)(H,30,41)(H,31,42)(H,44,45)(H,47,48,49)/b34-22-/t13?,14-,18?/m0/s1. The van der Waals surface area contributed by atoms with Crippen LogP contribution in [0.5, 0.6) is 5.75 Å². The lowest BCUT2D eigenvalue weighted by Crippen LogP contribution is -2.57. The first-order valence-corrected chi connectivity index (χ1v) is 17.6. The summed E-state index contributed by atoms with van der Waals surface area (Å²) in [4.78, 5) is 85.0. The van der Waals surface area contributed by atoms with Gasteiger partial charge in [0.25, 0.3) is 17.7 Å². The van der Waals surface area contributed by atoms with Crippen LogP contribution in [0.2, 0.25) is 0 Å². The third-order valence-electron chi connectivity index (χ3n) is 8.37. The van der Waals surface area contributed by atoms with Crippen LogP contribution < -0.4 is 21.8 Å². The summed E-state index contributed by atoms with van der Waals surface area (Å²) in [6.45, 7) is 0.748. The number of anilines is 1. The van der Waals surface area contributed by atoms with Crippen LogP contribution in [0.3, 0.4) is 0 Å². The summed E-state index contributed by atoms with van der Waals surface area (Å²) in [7, 11) is -5.25. The first-order valence-electron chi connectivity index (χ1n) is 15.4. The highest BCUT2D eigenvalue weighted by atomic mass is 32.2. The zero-order valence-electron chi connectivity index (χ0n) is 27.3.